The van der Waals surface area contributed by atoms with E-state index in [2.05, 4.69) is 21.3 Å². The van der Waals surface area contributed by atoms with Crippen molar-refractivity contribution in [3.8, 4) is 11.5 Å². The maximum atomic E-state index is 14.0. The van der Waals surface area contributed by atoms with Crippen molar-refractivity contribution in [2.45, 2.75) is 40.5 Å². The van der Waals surface area contributed by atoms with E-state index in [4.69, 9.17) is 9.47 Å². The van der Waals surface area contributed by atoms with Crippen LogP contribution >= 0.6 is 0 Å². The Labute approximate surface area is 246 Å². The Bertz CT molecular complexity index is 1460. The Morgan fingerprint density at radius 1 is 0.690 bits per heavy atom. The van der Waals surface area contributed by atoms with Crippen molar-refractivity contribution in [1.29, 1.82) is 0 Å². The molecule has 3 aromatic rings. The van der Waals surface area contributed by atoms with E-state index in [1.54, 1.807) is 36.4 Å². The lowest BCUT2D eigenvalue weighted by Crippen LogP contribution is -2.35. The summed E-state index contributed by atoms with van der Waals surface area (Å²) in [6.07, 6.45) is 0. The zero-order valence-electron chi connectivity index (χ0n) is 24.5. The Morgan fingerprint density at radius 2 is 1.14 bits per heavy atom. The number of benzene rings is 3. The molecule has 0 fully saturated rings. The van der Waals surface area contributed by atoms with Crippen LogP contribution in [0.25, 0.3) is 0 Å². The van der Waals surface area contributed by atoms with Gasteiger partial charge in [-0.15, -0.1) is 0 Å². The molecule has 9 heteroatoms. The van der Waals surface area contributed by atoms with Gasteiger partial charge in [0.2, 0.25) is 5.91 Å². The molecular weight excluding hydrogens is 532 g/mol. The molecule has 4 rings (SSSR count). The second kappa shape index (κ2) is 13.5. The fourth-order valence-corrected chi connectivity index (χ4v) is 4.97. The van der Waals surface area contributed by atoms with Crippen LogP contribution in [-0.4, -0.2) is 30.9 Å². The van der Waals surface area contributed by atoms with Crippen LogP contribution in [0.1, 0.15) is 46.1 Å². The minimum atomic E-state index is -0.726. The van der Waals surface area contributed by atoms with Crippen molar-refractivity contribution in [3.05, 3.63) is 101 Å². The molecule has 0 atom stereocenters. The summed E-state index contributed by atoms with van der Waals surface area (Å²) >= 11 is 0. The predicted molar refractivity (Wildman–Crippen MR) is 165 cm³/mol. The van der Waals surface area contributed by atoms with Crippen molar-refractivity contribution in [3.63, 3.8) is 0 Å². The van der Waals surface area contributed by atoms with Gasteiger partial charge in [-0.3, -0.25) is 14.4 Å². The Hall–Kier alpha value is -5.05. The van der Waals surface area contributed by atoms with E-state index in [0.29, 0.717) is 69.9 Å². The lowest BCUT2D eigenvalue weighted by Gasteiger charge is -2.31. The van der Waals surface area contributed by atoms with E-state index in [-0.39, 0.29) is 17.7 Å². The summed E-state index contributed by atoms with van der Waals surface area (Å²) in [5.74, 6) is -0.591. The molecule has 0 aliphatic carbocycles. The van der Waals surface area contributed by atoms with Crippen LogP contribution in [0.3, 0.4) is 0 Å². The number of carbonyl (C=O) groups is 3. The minimum Gasteiger partial charge on any atom is -0.492 e. The first-order valence-electron chi connectivity index (χ1n) is 13.9. The first kappa shape index (κ1) is 29.9. The van der Waals surface area contributed by atoms with E-state index < -0.39 is 5.92 Å². The third kappa shape index (κ3) is 6.80. The van der Waals surface area contributed by atoms with Crippen LogP contribution in [-0.2, 0) is 14.4 Å². The lowest BCUT2D eigenvalue weighted by atomic mass is 9.79. The average molecular weight is 569 g/mol. The normalized spacial score (nSPS) is 13.3. The number of rotatable bonds is 10. The monoisotopic (exact) mass is 568 g/mol. The molecule has 218 valence electrons. The van der Waals surface area contributed by atoms with E-state index in [1.807, 2.05) is 64.1 Å². The van der Waals surface area contributed by atoms with Gasteiger partial charge in [0, 0.05) is 41.1 Å². The first-order chi connectivity index (χ1) is 20.2. The number of para-hydroxylation sites is 4. The summed E-state index contributed by atoms with van der Waals surface area (Å²) in [4.78, 5) is 39.6. The van der Waals surface area contributed by atoms with Crippen molar-refractivity contribution in [2.75, 3.05) is 29.2 Å². The zero-order valence-corrected chi connectivity index (χ0v) is 24.5. The van der Waals surface area contributed by atoms with E-state index in [0.717, 1.165) is 0 Å². The highest BCUT2D eigenvalue weighted by Crippen LogP contribution is 2.40. The van der Waals surface area contributed by atoms with Gasteiger partial charge in [-0.05, 0) is 69.7 Å². The number of carbonyl (C=O) groups excluding carboxylic acids is 3. The predicted octanol–water partition coefficient (Wildman–Crippen LogP) is 5.95. The van der Waals surface area contributed by atoms with Gasteiger partial charge in [-0.25, -0.2) is 0 Å². The smallest absolute Gasteiger partial charge is 0.254 e. The standard InChI is InChI=1S/C33H36N4O5/c1-6-41-27-14-10-8-12-25(27)36-32(39)29-20(3)34-21(4)30(31(29)23-16-18-24(19-17-23)35-22(5)38)33(40)37-26-13-9-11-15-28(26)42-7-2/h8-19,31,34H,6-7H2,1-5H3,(H,35,38)(H,36,39)(H,37,40). The highest BCUT2D eigenvalue weighted by Gasteiger charge is 2.37. The second-order valence-electron chi connectivity index (χ2n) is 9.71. The van der Waals surface area contributed by atoms with Crippen LogP contribution in [0.5, 0.6) is 11.5 Å². The quantitative estimate of drug-likeness (QED) is 0.240. The van der Waals surface area contributed by atoms with Crippen LogP contribution in [0, 0.1) is 0 Å². The van der Waals surface area contributed by atoms with E-state index in [1.165, 1.54) is 6.92 Å². The second-order valence-corrected chi connectivity index (χ2v) is 9.71. The molecule has 0 saturated heterocycles. The minimum absolute atomic E-state index is 0.197. The molecule has 0 radical (unpaired) electrons. The molecule has 0 unspecified atom stereocenters. The lowest BCUT2D eigenvalue weighted by molar-refractivity contribution is -0.115. The summed E-state index contributed by atoms with van der Waals surface area (Å²) in [6, 6.07) is 21.5. The zero-order chi connectivity index (χ0) is 30.2. The average Bonchev–Trinajstić information content (AvgIpc) is 2.95. The topological polar surface area (TPSA) is 118 Å². The highest BCUT2D eigenvalue weighted by atomic mass is 16.5. The number of hydrogen-bond donors (Lipinski definition) is 4. The molecule has 9 nitrogen and oxygen atoms in total. The van der Waals surface area contributed by atoms with Gasteiger partial charge in [-0.2, -0.15) is 0 Å². The van der Waals surface area contributed by atoms with Crippen molar-refractivity contribution >= 4 is 34.8 Å². The third-order valence-electron chi connectivity index (χ3n) is 6.68. The molecule has 0 aromatic heterocycles. The summed E-state index contributed by atoms with van der Waals surface area (Å²) in [6.45, 7) is 9.68. The van der Waals surface area contributed by atoms with Gasteiger partial charge in [-0.1, -0.05) is 36.4 Å². The molecular formula is C33H36N4O5. The third-order valence-corrected chi connectivity index (χ3v) is 6.68. The number of hydrogen-bond acceptors (Lipinski definition) is 6. The Morgan fingerprint density at radius 3 is 1.57 bits per heavy atom. The van der Waals surface area contributed by atoms with Crippen LogP contribution in [0.4, 0.5) is 17.1 Å². The molecule has 4 N–H and O–H groups in total. The van der Waals surface area contributed by atoms with Gasteiger partial charge in [0.1, 0.15) is 11.5 Å². The van der Waals surface area contributed by atoms with E-state index in [9.17, 15) is 14.4 Å². The van der Waals surface area contributed by atoms with Crippen molar-refractivity contribution < 1.29 is 23.9 Å². The maximum Gasteiger partial charge on any atom is 0.254 e. The Balaban J connectivity index is 1.77. The fraction of sp³-hybridized carbons (Fsp3) is 0.242. The van der Waals surface area contributed by atoms with Crippen LogP contribution in [0.2, 0.25) is 0 Å². The number of dihydropyridines is 1. The summed E-state index contributed by atoms with van der Waals surface area (Å²) < 4.78 is 11.4. The number of amides is 3. The van der Waals surface area contributed by atoms with Gasteiger partial charge >= 0.3 is 0 Å². The van der Waals surface area contributed by atoms with Crippen LogP contribution in [0.15, 0.2) is 95.3 Å². The molecule has 1 aliphatic heterocycles. The summed E-state index contributed by atoms with van der Waals surface area (Å²) in [5, 5.41) is 12.0. The molecule has 0 spiro atoms. The SMILES string of the molecule is CCOc1ccccc1NC(=O)C1=C(C)NC(C)=C(C(=O)Nc2ccccc2OCC)C1c1ccc(NC(C)=O)cc1. The van der Waals surface area contributed by atoms with Gasteiger partial charge in [0.05, 0.1) is 24.6 Å². The Kier molecular flexibility index (Phi) is 9.65. The number of nitrogens with one attached hydrogen (secondary N) is 4. The van der Waals surface area contributed by atoms with Gasteiger partial charge in [0.25, 0.3) is 11.8 Å². The molecule has 0 saturated carbocycles. The van der Waals surface area contributed by atoms with E-state index >= 15 is 0 Å². The summed E-state index contributed by atoms with van der Waals surface area (Å²) in [7, 11) is 0. The molecule has 1 heterocycles. The molecule has 0 bridgehead atoms. The first-order valence-corrected chi connectivity index (χ1v) is 13.9. The number of anilines is 3. The largest absolute Gasteiger partial charge is 0.492 e. The molecule has 3 aromatic carbocycles. The maximum absolute atomic E-state index is 14.0. The van der Waals surface area contributed by atoms with Crippen molar-refractivity contribution in [2.24, 2.45) is 0 Å². The fourth-order valence-electron chi connectivity index (χ4n) is 4.97. The van der Waals surface area contributed by atoms with Crippen LogP contribution < -0.4 is 30.7 Å². The summed E-state index contributed by atoms with van der Waals surface area (Å²) in [5.41, 5.74) is 4.33. The van der Waals surface area contributed by atoms with Gasteiger partial charge in [0.15, 0.2) is 0 Å². The number of ether oxygens (including phenoxy) is 2. The van der Waals surface area contributed by atoms with Crippen molar-refractivity contribution in [1.82, 2.24) is 5.32 Å². The molecule has 42 heavy (non-hydrogen) atoms. The molecule has 3 amide bonds. The number of allylic oxidation sites excluding steroid dienone is 2. The molecule has 1 aliphatic rings. The van der Waals surface area contributed by atoms with Gasteiger partial charge < -0.3 is 30.7 Å². The highest BCUT2D eigenvalue weighted by molar-refractivity contribution is 6.12.